The first-order chi connectivity index (χ1) is 7.15. The van der Waals surface area contributed by atoms with E-state index in [4.69, 9.17) is 5.73 Å². The lowest BCUT2D eigenvalue weighted by Crippen LogP contribution is -2.52. The van der Waals surface area contributed by atoms with E-state index < -0.39 is 0 Å². The molecule has 1 fully saturated rings. The van der Waals surface area contributed by atoms with Gasteiger partial charge in [0, 0.05) is 26.2 Å². The molecular formula is C10H23Cl2N3OS. The summed E-state index contributed by atoms with van der Waals surface area (Å²) in [5.74, 6) is 1.08. The van der Waals surface area contributed by atoms with Gasteiger partial charge in [-0.1, -0.05) is 0 Å². The van der Waals surface area contributed by atoms with Gasteiger partial charge >= 0.3 is 0 Å². The zero-order chi connectivity index (χ0) is 11.3. The van der Waals surface area contributed by atoms with Crippen molar-refractivity contribution in [2.24, 2.45) is 5.73 Å². The summed E-state index contributed by atoms with van der Waals surface area (Å²) in [6.07, 6.45) is 2.82. The molecule has 0 aromatic heterocycles. The molecule has 0 saturated carbocycles. The highest BCUT2D eigenvalue weighted by Crippen LogP contribution is 2.05. The number of thioether (sulfide) groups is 1. The van der Waals surface area contributed by atoms with Gasteiger partial charge in [0.25, 0.3) is 0 Å². The topological polar surface area (TPSA) is 49.6 Å². The van der Waals surface area contributed by atoms with Crippen LogP contribution < -0.4 is 5.73 Å². The summed E-state index contributed by atoms with van der Waals surface area (Å²) in [6, 6.07) is -0.305. The van der Waals surface area contributed by atoms with Crippen LogP contribution in [-0.4, -0.2) is 67.0 Å². The van der Waals surface area contributed by atoms with Gasteiger partial charge < -0.3 is 15.5 Å². The summed E-state index contributed by atoms with van der Waals surface area (Å²) in [4.78, 5) is 16.0. The fourth-order valence-corrected chi connectivity index (χ4v) is 2.12. The van der Waals surface area contributed by atoms with Crippen molar-refractivity contribution in [2.75, 3.05) is 45.2 Å². The molecular weight excluding hydrogens is 281 g/mol. The highest BCUT2D eigenvalue weighted by molar-refractivity contribution is 7.98. The SMILES string of the molecule is CSCCC(N)C(=O)N1CCN(C)CC1.Cl.Cl. The second-order valence-corrected chi connectivity index (χ2v) is 5.00. The maximum Gasteiger partial charge on any atom is 0.239 e. The van der Waals surface area contributed by atoms with Crippen LogP contribution in [0.25, 0.3) is 0 Å². The van der Waals surface area contributed by atoms with E-state index in [0.717, 1.165) is 38.4 Å². The molecule has 17 heavy (non-hydrogen) atoms. The van der Waals surface area contributed by atoms with E-state index in [9.17, 15) is 4.79 Å². The fourth-order valence-electron chi connectivity index (χ4n) is 1.63. The van der Waals surface area contributed by atoms with Gasteiger partial charge in [-0.25, -0.2) is 0 Å². The molecule has 0 aromatic rings. The summed E-state index contributed by atoms with van der Waals surface area (Å²) < 4.78 is 0. The second-order valence-electron chi connectivity index (χ2n) is 4.02. The van der Waals surface area contributed by atoms with Gasteiger partial charge in [-0.05, 0) is 25.5 Å². The lowest BCUT2D eigenvalue weighted by atomic mass is 10.2. The number of carbonyl (C=O) groups excluding carboxylic acids is 1. The van der Waals surface area contributed by atoms with Gasteiger partial charge in [-0.3, -0.25) is 4.79 Å². The Kier molecular flexibility index (Phi) is 11.9. The Hall–Kier alpha value is 0.320. The lowest BCUT2D eigenvalue weighted by Gasteiger charge is -2.33. The minimum Gasteiger partial charge on any atom is -0.339 e. The first-order valence-electron chi connectivity index (χ1n) is 5.37. The van der Waals surface area contributed by atoms with Crippen LogP contribution in [0.1, 0.15) is 6.42 Å². The molecule has 0 bridgehead atoms. The minimum atomic E-state index is -0.305. The van der Waals surface area contributed by atoms with Crippen molar-refractivity contribution in [1.29, 1.82) is 0 Å². The van der Waals surface area contributed by atoms with E-state index in [1.807, 2.05) is 11.2 Å². The summed E-state index contributed by atoms with van der Waals surface area (Å²) in [5.41, 5.74) is 5.85. The third kappa shape index (κ3) is 6.72. The number of hydrogen-bond donors (Lipinski definition) is 1. The highest BCUT2D eigenvalue weighted by Gasteiger charge is 2.23. The van der Waals surface area contributed by atoms with Crippen molar-refractivity contribution in [3.63, 3.8) is 0 Å². The average Bonchev–Trinajstić information content (AvgIpc) is 2.26. The third-order valence-electron chi connectivity index (χ3n) is 2.77. The molecule has 1 saturated heterocycles. The monoisotopic (exact) mass is 303 g/mol. The van der Waals surface area contributed by atoms with Gasteiger partial charge in [0.1, 0.15) is 0 Å². The third-order valence-corrected chi connectivity index (χ3v) is 3.41. The number of carbonyl (C=O) groups is 1. The number of nitrogens with two attached hydrogens (primary N) is 1. The maximum atomic E-state index is 11.9. The van der Waals surface area contributed by atoms with Crippen LogP contribution in [0.5, 0.6) is 0 Å². The molecule has 0 aliphatic carbocycles. The minimum absolute atomic E-state index is 0. The largest absolute Gasteiger partial charge is 0.339 e. The zero-order valence-electron chi connectivity index (χ0n) is 10.4. The second kappa shape index (κ2) is 10.3. The molecule has 4 nitrogen and oxygen atoms in total. The van der Waals surface area contributed by atoms with Crippen LogP contribution in [-0.2, 0) is 4.79 Å². The van der Waals surface area contributed by atoms with E-state index in [1.165, 1.54) is 0 Å². The Balaban J connectivity index is 0. The van der Waals surface area contributed by atoms with Crippen LogP contribution in [0.4, 0.5) is 0 Å². The molecule has 0 spiro atoms. The number of rotatable bonds is 4. The van der Waals surface area contributed by atoms with Crippen molar-refractivity contribution in [1.82, 2.24) is 9.80 Å². The molecule has 0 aromatic carbocycles. The highest BCUT2D eigenvalue weighted by atomic mass is 35.5. The van der Waals surface area contributed by atoms with Crippen LogP contribution in [0.3, 0.4) is 0 Å². The molecule has 2 N–H and O–H groups in total. The van der Waals surface area contributed by atoms with Gasteiger partial charge in [0.05, 0.1) is 6.04 Å². The van der Waals surface area contributed by atoms with Gasteiger partial charge in [0.15, 0.2) is 0 Å². The number of halogens is 2. The standard InChI is InChI=1S/C10H21N3OS.2ClH/c1-12-4-6-13(7-5-12)10(14)9(11)3-8-15-2;;/h9H,3-8,11H2,1-2H3;2*1H. The summed E-state index contributed by atoms with van der Waals surface area (Å²) >= 11 is 1.74. The number of nitrogens with zero attached hydrogens (tertiary/aromatic N) is 2. The Morgan fingerprint density at radius 1 is 1.29 bits per heavy atom. The van der Waals surface area contributed by atoms with Crippen LogP contribution in [0, 0.1) is 0 Å². The van der Waals surface area contributed by atoms with E-state index >= 15 is 0 Å². The lowest BCUT2D eigenvalue weighted by molar-refractivity contribution is -0.134. The van der Waals surface area contributed by atoms with Crippen LogP contribution >= 0.6 is 36.6 Å². The molecule has 1 heterocycles. The molecule has 1 aliphatic rings. The van der Waals surface area contributed by atoms with Gasteiger partial charge in [-0.2, -0.15) is 11.8 Å². The summed E-state index contributed by atoms with van der Waals surface area (Å²) in [7, 11) is 2.08. The number of amides is 1. The fraction of sp³-hybridized carbons (Fsp3) is 0.900. The molecule has 1 unspecified atom stereocenters. The molecule has 104 valence electrons. The maximum absolute atomic E-state index is 11.9. The molecule has 1 atom stereocenters. The van der Waals surface area contributed by atoms with E-state index in [0.29, 0.717) is 0 Å². The Labute approximate surface area is 120 Å². The van der Waals surface area contributed by atoms with Crippen LogP contribution in [0.15, 0.2) is 0 Å². The summed E-state index contributed by atoms with van der Waals surface area (Å²) in [5, 5.41) is 0. The van der Waals surface area contributed by atoms with E-state index in [-0.39, 0.29) is 36.8 Å². The number of likely N-dealkylation sites (N-methyl/N-ethyl adjacent to an activating group) is 1. The average molecular weight is 304 g/mol. The molecule has 1 rings (SSSR count). The van der Waals surface area contributed by atoms with Crippen molar-refractivity contribution >= 4 is 42.5 Å². The Morgan fingerprint density at radius 3 is 2.29 bits per heavy atom. The predicted octanol–water partition coefficient (Wildman–Crippen LogP) is 0.684. The smallest absolute Gasteiger partial charge is 0.239 e. The van der Waals surface area contributed by atoms with E-state index in [1.54, 1.807) is 11.8 Å². The first-order valence-corrected chi connectivity index (χ1v) is 6.76. The van der Waals surface area contributed by atoms with Crippen LogP contribution in [0.2, 0.25) is 0 Å². The van der Waals surface area contributed by atoms with Gasteiger partial charge in [0.2, 0.25) is 5.91 Å². The number of hydrogen-bond acceptors (Lipinski definition) is 4. The zero-order valence-corrected chi connectivity index (χ0v) is 12.9. The van der Waals surface area contributed by atoms with Crippen molar-refractivity contribution in [2.45, 2.75) is 12.5 Å². The van der Waals surface area contributed by atoms with Crippen molar-refractivity contribution in [3.05, 3.63) is 0 Å². The van der Waals surface area contributed by atoms with Crippen molar-refractivity contribution < 1.29 is 4.79 Å². The Bertz CT molecular complexity index is 214. The first kappa shape index (κ1) is 19.7. The van der Waals surface area contributed by atoms with Crippen molar-refractivity contribution in [3.8, 4) is 0 Å². The number of piperazine rings is 1. The van der Waals surface area contributed by atoms with E-state index in [2.05, 4.69) is 11.9 Å². The Morgan fingerprint density at radius 2 is 1.82 bits per heavy atom. The molecule has 1 amide bonds. The molecule has 7 heteroatoms. The molecule has 1 aliphatic heterocycles. The molecule has 0 radical (unpaired) electrons. The predicted molar refractivity (Wildman–Crippen MR) is 79.5 cm³/mol. The normalized spacial score (nSPS) is 17.9. The quantitative estimate of drug-likeness (QED) is 0.830. The van der Waals surface area contributed by atoms with Gasteiger partial charge in [-0.15, -0.1) is 24.8 Å². The summed E-state index contributed by atoms with van der Waals surface area (Å²) in [6.45, 7) is 3.56.